The Hall–Kier alpha value is -2.76. The number of hydrogen-bond acceptors (Lipinski definition) is 4. The normalized spacial score (nSPS) is 19.1. The number of hydrogen-bond donors (Lipinski definition) is 0. The molecule has 33 heavy (non-hydrogen) atoms. The van der Waals surface area contributed by atoms with Crippen LogP contribution < -0.4 is 4.74 Å². The average molecular weight is 483 g/mol. The summed E-state index contributed by atoms with van der Waals surface area (Å²) in [6.07, 6.45) is 1.90. The molecular weight excluding hydrogens is 459 g/mol. The lowest BCUT2D eigenvalue weighted by molar-refractivity contribution is -0.147. The molecule has 170 valence electrons. The molecular formula is C27H24ClFO3S. The third-order valence-electron chi connectivity index (χ3n) is 5.76. The van der Waals surface area contributed by atoms with Gasteiger partial charge >= 0.3 is 5.97 Å². The molecule has 4 rings (SSSR count). The quantitative estimate of drug-likeness (QED) is 0.242. The van der Waals surface area contributed by atoms with Gasteiger partial charge in [-0.05, 0) is 65.4 Å². The number of ether oxygens (including phenoxy) is 2. The van der Waals surface area contributed by atoms with Gasteiger partial charge in [-0.1, -0.05) is 73.6 Å². The lowest BCUT2D eigenvalue weighted by Gasteiger charge is -2.09. The summed E-state index contributed by atoms with van der Waals surface area (Å²) in [6, 6.07) is 23.2. The maximum Gasteiger partial charge on any atom is 0.310 e. The Morgan fingerprint density at radius 1 is 1.03 bits per heavy atom. The van der Waals surface area contributed by atoms with Gasteiger partial charge in [-0.15, -0.1) is 0 Å². The average Bonchev–Trinajstić information content (AvgIpc) is 3.34. The zero-order valence-electron chi connectivity index (χ0n) is 18.3. The Morgan fingerprint density at radius 3 is 2.45 bits per heavy atom. The van der Waals surface area contributed by atoms with Gasteiger partial charge in [0, 0.05) is 4.90 Å². The minimum Gasteiger partial charge on any atom is -0.461 e. The Kier molecular flexibility index (Phi) is 7.11. The van der Waals surface area contributed by atoms with E-state index in [0.717, 1.165) is 16.2 Å². The lowest BCUT2D eigenvalue weighted by Crippen LogP contribution is -2.10. The highest BCUT2D eigenvalue weighted by Gasteiger charge is 2.61. The Labute approximate surface area is 202 Å². The highest BCUT2D eigenvalue weighted by molar-refractivity contribution is 8.04. The molecule has 6 heteroatoms. The van der Waals surface area contributed by atoms with Gasteiger partial charge in [-0.25, -0.2) is 4.39 Å². The zero-order chi connectivity index (χ0) is 23.4. The fraction of sp³-hybridized carbons (Fsp3) is 0.222. The smallest absolute Gasteiger partial charge is 0.310 e. The van der Waals surface area contributed by atoms with Crippen molar-refractivity contribution in [1.82, 2.24) is 0 Å². The summed E-state index contributed by atoms with van der Waals surface area (Å²) in [7, 11) is 0. The molecule has 0 N–H and O–H groups in total. The fourth-order valence-corrected chi connectivity index (χ4v) is 4.91. The maximum absolute atomic E-state index is 13.1. The largest absolute Gasteiger partial charge is 0.461 e. The summed E-state index contributed by atoms with van der Waals surface area (Å²) in [6.45, 7) is 4.23. The van der Waals surface area contributed by atoms with E-state index in [4.69, 9.17) is 21.1 Å². The molecule has 1 aliphatic rings. The van der Waals surface area contributed by atoms with Crippen LogP contribution in [0.15, 0.2) is 94.2 Å². The van der Waals surface area contributed by atoms with E-state index in [1.54, 1.807) is 12.1 Å². The first-order valence-corrected chi connectivity index (χ1v) is 11.8. The second-order valence-corrected chi connectivity index (χ2v) is 10.3. The Bertz CT molecular complexity index is 1150. The number of halogens is 2. The van der Waals surface area contributed by atoms with Gasteiger partial charge in [0.05, 0.1) is 10.3 Å². The SMILES string of the molecule is CC1(C)[C@H](C(=O)OCc2cccc(Oc3ccccc3)c2)[C@@H]1C=C(Cl)Sc1ccc(F)cc1. The van der Waals surface area contributed by atoms with Gasteiger partial charge in [0.25, 0.3) is 0 Å². The van der Waals surface area contributed by atoms with Gasteiger partial charge in [0.2, 0.25) is 0 Å². The van der Waals surface area contributed by atoms with Crippen LogP contribution in [0.2, 0.25) is 0 Å². The molecule has 0 spiro atoms. The number of rotatable bonds is 8. The molecule has 0 bridgehead atoms. The van der Waals surface area contributed by atoms with Crippen molar-refractivity contribution in [2.75, 3.05) is 0 Å². The van der Waals surface area contributed by atoms with Crippen LogP contribution in [0.3, 0.4) is 0 Å². The third-order valence-corrected chi connectivity index (χ3v) is 6.96. The first-order chi connectivity index (χ1) is 15.8. The van der Waals surface area contributed by atoms with Crippen LogP contribution in [0.5, 0.6) is 11.5 Å². The standard InChI is InChI=1S/C27H24ClFO3S/c1-27(2)23(16-24(28)33-22-13-11-19(29)12-14-22)25(27)26(30)31-17-18-7-6-10-21(15-18)32-20-8-4-3-5-9-20/h3-16,23,25H,17H2,1-2H3/t23-,25-/m0/s1. The van der Waals surface area contributed by atoms with Crippen molar-refractivity contribution in [1.29, 1.82) is 0 Å². The maximum atomic E-state index is 13.1. The van der Waals surface area contributed by atoms with Gasteiger partial charge in [-0.2, -0.15) is 0 Å². The van der Waals surface area contributed by atoms with Crippen LogP contribution in [0.25, 0.3) is 0 Å². The number of benzene rings is 3. The second kappa shape index (κ2) is 10.0. The molecule has 0 radical (unpaired) electrons. The van der Waals surface area contributed by atoms with Crippen molar-refractivity contribution in [2.45, 2.75) is 25.3 Å². The molecule has 1 saturated carbocycles. The van der Waals surface area contributed by atoms with E-state index in [1.807, 2.05) is 74.5 Å². The second-order valence-electron chi connectivity index (χ2n) is 8.52. The Balaban J connectivity index is 1.34. The van der Waals surface area contributed by atoms with E-state index in [9.17, 15) is 9.18 Å². The summed E-state index contributed by atoms with van der Waals surface area (Å²) in [4.78, 5) is 13.6. The number of allylic oxidation sites excluding steroid dienone is 1. The third kappa shape index (κ3) is 5.98. The number of thioether (sulfide) groups is 1. The lowest BCUT2D eigenvalue weighted by atomic mass is 10.1. The molecule has 0 heterocycles. The van der Waals surface area contributed by atoms with Crippen molar-refractivity contribution in [3.05, 3.63) is 101 Å². The number of carbonyl (C=O) groups excluding carboxylic acids is 1. The molecule has 1 fully saturated rings. The monoisotopic (exact) mass is 482 g/mol. The number of esters is 1. The molecule has 0 aromatic heterocycles. The highest BCUT2D eigenvalue weighted by atomic mass is 35.5. The van der Waals surface area contributed by atoms with Gasteiger partial charge < -0.3 is 9.47 Å². The van der Waals surface area contributed by atoms with E-state index >= 15 is 0 Å². The van der Waals surface area contributed by atoms with Crippen LogP contribution in [0.4, 0.5) is 4.39 Å². The molecule has 0 amide bonds. The number of para-hydroxylation sites is 1. The highest BCUT2D eigenvalue weighted by Crippen LogP contribution is 2.60. The summed E-state index contributed by atoms with van der Waals surface area (Å²) in [5.74, 6) is 0.625. The van der Waals surface area contributed by atoms with E-state index in [-0.39, 0.29) is 35.6 Å². The van der Waals surface area contributed by atoms with E-state index in [0.29, 0.717) is 10.1 Å². The summed E-state index contributed by atoms with van der Waals surface area (Å²) >= 11 is 7.75. The molecule has 3 nitrogen and oxygen atoms in total. The van der Waals surface area contributed by atoms with E-state index in [1.165, 1.54) is 23.9 Å². The topological polar surface area (TPSA) is 35.5 Å². The van der Waals surface area contributed by atoms with Crippen molar-refractivity contribution in [3.63, 3.8) is 0 Å². The van der Waals surface area contributed by atoms with Gasteiger partial charge in [0.1, 0.15) is 23.9 Å². The van der Waals surface area contributed by atoms with Crippen LogP contribution in [-0.2, 0) is 16.1 Å². The van der Waals surface area contributed by atoms with Crippen molar-refractivity contribution >= 4 is 29.3 Å². The molecule has 0 aliphatic heterocycles. The van der Waals surface area contributed by atoms with Crippen LogP contribution in [0.1, 0.15) is 19.4 Å². The van der Waals surface area contributed by atoms with Crippen LogP contribution in [0, 0.1) is 23.1 Å². The zero-order valence-corrected chi connectivity index (χ0v) is 19.9. The van der Waals surface area contributed by atoms with Gasteiger partial charge in [0.15, 0.2) is 0 Å². The van der Waals surface area contributed by atoms with Crippen molar-refractivity contribution in [2.24, 2.45) is 17.3 Å². The van der Waals surface area contributed by atoms with Gasteiger partial charge in [-0.3, -0.25) is 4.79 Å². The molecule has 1 aliphatic carbocycles. The van der Waals surface area contributed by atoms with Crippen LogP contribution in [-0.4, -0.2) is 5.97 Å². The fourth-order valence-electron chi connectivity index (χ4n) is 3.80. The first kappa shape index (κ1) is 23.4. The summed E-state index contributed by atoms with van der Waals surface area (Å²) in [5.41, 5.74) is 0.617. The first-order valence-electron chi connectivity index (χ1n) is 10.6. The minimum atomic E-state index is -0.289. The Morgan fingerprint density at radius 2 is 1.73 bits per heavy atom. The molecule has 2 atom stereocenters. The predicted octanol–water partition coefficient (Wildman–Crippen LogP) is 7.81. The summed E-state index contributed by atoms with van der Waals surface area (Å²) < 4.78 is 25.1. The minimum absolute atomic E-state index is 0.0156. The van der Waals surface area contributed by atoms with Crippen molar-refractivity contribution < 1.29 is 18.7 Å². The number of carbonyl (C=O) groups is 1. The molecule has 3 aromatic rings. The van der Waals surface area contributed by atoms with E-state index in [2.05, 4.69) is 0 Å². The molecule has 0 unspecified atom stereocenters. The summed E-state index contributed by atoms with van der Waals surface area (Å²) in [5, 5.41) is 0. The van der Waals surface area contributed by atoms with Crippen LogP contribution >= 0.6 is 23.4 Å². The predicted molar refractivity (Wildman–Crippen MR) is 130 cm³/mol. The van der Waals surface area contributed by atoms with Crippen molar-refractivity contribution in [3.8, 4) is 11.5 Å². The molecule has 3 aromatic carbocycles. The van der Waals surface area contributed by atoms with E-state index < -0.39 is 0 Å². The molecule has 0 saturated heterocycles.